The Morgan fingerprint density at radius 3 is 2.88 bits per heavy atom. The molecule has 0 aliphatic heterocycles. The first-order valence-corrected chi connectivity index (χ1v) is 7.21. The lowest BCUT2D eigenvalue weighted by molar-refractivity contribution is 0.474. The van der Waals surface area contributed by atoms with Gasteiger partial charge in [-0.3, -0.25) is 0 Å². The maximum atomic E-state index is 6.20. The third kappa shape index (κ3) is 2.76. The highest BCUT2D eigenvalue weighted by Crippen LogP contribution is 2.30. The third-order valence-electron chi connectivity index (χ3n) is 2.85. The van der Waals surface area contributed by atoms with E-state index in [9.17, 15) is 0 Å². The molecule has 0 saturated heterocycles. The van der Waals surface area contributed by atoms with Crippen molar-refractivity contribution in [2.24, 2.45) is 5.73 Å². The average molecular weight is 311 g/mol. The minimum Gasteiger partial charge on any atom is -0.320 e. The number of aromatic nitrogens is 1. The summed E-state index contributed by atoms with van der Waals surface area (Å²) in [5.41, 5.74) is 7.99. The van der Waals surface area contributed by atoms with E-state index in [0.717, 1.165) is 27.2 Å². The largest absolute Gasteiger partial charge is 0.320 e. The second-order valence-corrected chi connectivity index (χ2v) is 6.09. The SMILES string of the molecule is CCC(C)(N)c1nc(-c2cccc(Br)c2)cs1. The molecule has 0 bridgehead atoms. The van der Waals surface area contributed by atoms with E-state index < -0.39 is 0 Å². The van der Waals surface area contributed by atoms with Crippen LogP contribution in [0.5, 0.6) is 0 Å². The van der Waals surface area contributed by atoms with Crippen LogP contribution in [0, 0.1) is 0 Å². The Kier molecular flexibility index (Phi) is 3.66. The summed E-state index contributed by atoms with van der Waals surface area (Å²) in [6.45, 7) is 4.11. The number of nitrogens with two attached hydrogens (primary N) is 1. The molecule has 2 N–H and O–H groups in total. The predicted molar refractivity (Wildman–Crippen MR) is 77.1 cm³/mol. The van der Waals surface area contributed by atoms with Gasteiger partial charge >= 0.3 is 0 Å². The van der Waals surface area contributed by atoms with E-state index >= 15 is 0 Å². The lowest BCUT2D eigenvalue weighted by Gasteiger charge is -2.18. The van der Waals surface area contributed by atoms with Crippen LogP contribution in [0.1, 0.15) is 25.3 Å². The Morgan fingerprint density at radius 2 is 2.24 bits per heavy atom. The van der Waals surface area contributed by atoms with Gasteiger partial charge in [0.15, 0.2) is 0 Å². The highest BCUT2D eigenvalue weighted by atomic mass is 79.9. The molecule has 0 saturated carbocycles. The van der Waals surface area contributed by atoms with Gasteiger partial charge in [0.1, 0.15) is 5.01 Å². The summed E-state index contributed by atoms with van der Waals surface area (Å²) in [7, 11) is 0. The molecule has 1 heterocycles. The van der Waals surface area contributed by atoms with Crippen LogP contribution in [-0.4, -0.2) is 4.98 Å². The number of benzene rings is 1. The van der Waals surface area contributed by atoms with Crippen LogP contribution in [0.3, 0.4) is 0 Å². The second kappa shape index (κ2) is 4.88. The minimum absolute atomic E-state index is 0.324. The standard InChI is InChI=1S/C13H15BrN2S/c1-3-13(2,15)12-16-11(8-17-12)9-5-4-6-10(14)7-9/h4-8H,3,15H2,1-2H3. The van der Waals surface area contributed by atoms with Crippen molar-refractivity contribution in [3.8, 4) is 11.3 Å². The van der Waals surface area contributed by atoms with Gasteiger partial charge in [-0.15, -0.1) is 11.3 Å². The Bertz CT molecular complexity index is 520. The molecule has 0 aliphatic carbocycles. The van der Waals surface area contributed by atoms with E-state index in [2.05, 4.69) is 45.4 Å². The highest BCUT2D eigenvalue weighted by molar-refractivity contribution is 9.10. The maximum absolute atomic E-state index is 6.20. The van der Waals surface area contributed by atoms with Gasteiger partial charge in [-0.25, -0.2) is 4.98 Å². The van der Waals surface area contributed by atoms with Crippen molar-refractivity contribution in [2.45, 2.75) is 25.8 Å². The molecule has 0 amide bonds. The number of hydrogen-bond acceptors (Lipinski definition) is 3. The summed E-state index contributed by atoms with van der Waals surface area (Å²) in [5.74, 6) is 0. The van der Waals surface area contributed by atoms with E-state index in [-0.39, 0.29) is 5.54 Å². The van der Waals surface area contributed by atoms with Gasteiger partial charge in [-0.05, 0) is 25.5 Å². The molecule has 1 atom stereocenters. The first kappa shape index (κ1) is 12.7. The fourth-order valence-corrected chi connectivity index (χ4v) is 2.84. The van der Waals surface area contributed by atoms with Crippen molar-refractivity contribution < 1.29 is 0 Å². The summed E-state index contributed by atoms with van der Waals surface area (Å²) in [6, 6.07) is 8.15. The zero-order valence-corrected chi connectivity index (χ0v) is 12.3. The van der Waals surface area contributed by atoms with Crippen LogP contribution in [0.25, 0.3) is 11.3 Å². The number of rotatable bonds is 3. The average Bonchev–Trinajstić information content (AvgIpc) is 2.79. The van der Waals surface area contributed by atoms with Crippen molar-refractivity contribution in [1.29, 1.82) is 0 Å². The Labute approximate surface area is 114 Å². The van der Waals surface area contributed by atoms with Gasteiger partial charge < -0.3 is 5.73 Å². The molecule has 0 fully saturated rings. The summed E-state index contributed by atoms with van der Waals surface area (Å²) in [6.07, 6.45) is 0.887. The Hall–Kier alpha value is -0.710. The summed E-state index contributed by atoms with van der Waals surface area (Å²) >= 11 is 5.10. The Morgan fingerprint density at radius 1 is 1.47 bits per heavy atom. The van der Waals surface area contributed by atoms with E-state index in [1.54, 1.807) is 11.3 Å². The first-order chi connectivity index (χ1) is 8.03. The molecule has 2 rings (SSSR count). The van der Waals surface area contributed by atoms with Crippen LogP contribution in [-0.2, 0) is 5.54 Å². The summed E-state index contributed by atoms with van der Waals surface area (Å²) in [4.78, 5) is 4.64. The zero-order valence-electron chi connectivity index (χ0n) is 9.90. The second-order valence-electron chi connectivity index (χ2n) is 4.32. The quantitative estimate of drug-likeness (QED) is 0.924. The smallest absolute Gasteiger partial charge is 0.113 e. The van der Waals surface area contributed by atoms with Crippen LogP contribution in [0.2, 0.25) is 0 Å². The van der Waals surface area contributed by atoms with Crippen LogP contribution < -0.4 is 5.73 Å². The summed E-state index contributed by atoms with van der Waals surface area (Å²) < 4.78 is 1.07. The van der Waals surface area contributed by atoms with Crippen molar-refractivity contribution in [3.05, 3.63) is 39.1 Å². The molecule has 0 radical (unpaired) electrons. The third-order valence-corrected chi connectivity index (χ3v) is 4.46. The topological polar surface area (TPSA) is 38.9 Å². The zero-order chi connectivity index (χ0) is 12.5. The molecule has 90 valence electrons. The maximum Gasteiger partial charge on any atom is 0.113 e. The molecule has 2 nitrogen and oxygen atoms in total. The predicted octanol–water partition coefficient (Wildman–Crippen LogP) is 4.16. The molecule has 2 aromatic rings. The normalized spacial score (nSPS) is 14.6. The molecule has 0 spiro atoms. The lowest BCUT2D eigenvalue weighted by Crippen LogP contribution is -2.31. The van der Waals surface area contributed by atoms with E-state index in [0.29, 0.717) is 0 Å². The molecular formula is C13H15BrN2S. The molecule has 0 aliphatic rings. The molecular weight excluding hydrogens is 296 g/mol. The van der Waals surface area contributed by atoms with Crippen molar-refractivity contribution in [2.75, 3.05) is 0 Å². The van der Waals surface area contributed by atoms with Gasteiger partial charge in [0.05, 0.1) is 11.2 Å². The Balaban J connectivity index is 2.36. The molecule has 1 unspecified atom stereocenters. The fraction of sp³-hybridized carbons (Fsp3) is 0.308. The molecule has 4 heteroatoms. The van der Waals surface area contributed by atoms with E-state index in [4.69, 9.17) is 5.73 Å². The van der Waals surface area contributed by atoms with Gasteiger partial charge in [-0.1, -0.05) is 35.0 Å². The molecule has 17 heavy (non-hydrogen) atoms. The molecule has 1 aromatic carbocycles. The molecule has 1 aromatic heterocycles. The minimum atomic E-state index is -0.324. The van der Waals surface area contributed by atoms with Crippen LogP contribution in [0.4, 0.5) is 0 Å². The van der Waals surface area contributed by atoms with Crippen LogP contribution in [0.15, 0.2) is 34.1 Å². The fourth-order valence-electron chi connectivity index (χ4n) is 1.47. The van der Waals surface area contributed by atoms with Gasteiger partial charge in [0.25, 0.3) is 0 Å². The van der Waals surface area contributed by atoms with Crippen molar-refractivity contribution in [1.82, 2.24) is 4.98 Å². The van der Waals surface area contributed by atoms with E-state index in [1.807, 2.05) is 19.1 Å². The van der Waals surface area contributed by atoms with Crippen LogP contribution >= 0.6 is 27.3 Å². The summed E-state index contributed by atoms with van der Waals surface area (Å²) in [5, 5.41) is 3.06. The lowest BCUT2D eigenvalue weighted by atomic mass is 10.0. The number of thiazole rings is 1. The van der Waals surface area contributed by atoms with Gasteiger partial charge in [0.2, 0.25) is 0 Å². The van der Waals surface area contributed by atoms with Crippen molar-refractivity contribution in [3.63, 3.8) is 0 Å². The number of halogens is 1. The number of hydrogen-bond donors (Lipinski definition) is 1. The van der Waals surface area contributed by atoms with E-state index in [1.165, 1.54) is 0 Å². The highest BCUT2D eigenvalue weighted by Gasteiger charge is 2.22. The first-order valence-electron chi connectivity index (χ1n) is 5.54. The van der Waals surface area contributed by atoms with Gasteiger partial charge in [0, 0.05) is 15.4 Å². The van der Waals surface area contributed by atoms with Crippen molar-refractivity contribution >= 4 is 27.3 Å². The monoisotopic (exact) mass is 310 g/mol. The van der Waals surface area contributed by atoms with Gasteiger partial charge in [-0.2, -0.15) is 0 Å². The number of nitrogens with zero attached hydrogens (tertiary/aromatic N) is 1.